The van der Waals surface area contributed by atoms with Crippen molar-refractivity contribution in [1.29, 1.82) is 0 Å². The van der Waals surface area contributed by atoms with Crippen LogP contribution in [-0.2, 0) is 19.2 Å². The summed E-state index contributed by atoms with van der Waals surface area (Å²) in [6.07, 6.45) is 1.20. The molecule has 0 radical (unpaired) electrons. The summed E-state index contributed by atoms with van der Waals surface area (Å²) in [5.74, 6) is -3.68. The third-order valence-corrected chi connectivity index (χ3v) is 5.72. The number of aliphatic hydroxyl groups is 1. The van der Waals surface area contributed by atoms with Gasteiger partial charge in [0.2, 0.25) is 17.7 Å². The fourth-order valence-corrected chi connectivity index (χ4v) is 3.28. The molecule has 14 heteroatoms. The minimum Gasteiger partial charge on any atom is -0.480 e. The summed E-state index contributed by atoms with van der Waals surface area (Å²) in [6.45, 7) is 5.53. The highest BCUT2D eigenvalue weighted by atomic mass is 16.4. The van der Waals surface area contributed by atoms with E-state index in [9.17, 15) is 29.4 Å². The molecular weight excluding hydrogens is 472 g/mol. The maximum absolute atomic E-state index is 13.2. The van der Waals surface area contributed by atoms with Crippen LogP contribution in [0.5, 0.6) is 0 Å². The molecule has 0 bridgehead atoms. The summed E-state index contributed by atoms with van der Waals surface area (Å²) < 4.78 is 0. The van der Waals surface area contributed by atoms with Crippen LogP contribution in [0.1, 0.15) is 59.3 Å². The molecule has 0 saturated heterocycles. The fourth-order valence-electron chi connectivity index (χ4n) is 3.28. The van der Waals surface area contributed by atoms with Crippen LogP contribution in [0.25, 0.3) is 0 Å². The Balaban J connectivity index is 5.45. The van der Waals surface area contributed by atoms with E-state index in [2.05, 4.69) is 20.9 Å². The lowest BCUT2D eigenvalue weighted by Gasteiger charge is -2.28. The number of aliphatic imine (C=N–C) groups is 1. The second-order valence-electron chi connectivity index (χ2n) is 8.84. The highest BCUT2D eigenvalue weighted by Gasteiger charge is 2.33. The number of amides is 3. The predicted molar refractivity (Wildman–Crippen MR) is 135 cm³/mol. The number of carboxylic acid groups (broad SMARTS) is 1. The fraction of sp³-hybridized carbons (Fsp3) is 0.773. The Labute approximate surface area is 212 Å². The average Bonchev–Trinajstić information content (AvgIpc) is 2.81. The third-order valence-electron chi connectivity index (χ3n) is 5.72. The molecule has 0 fully saturated rings. The lowest BCUT2D eigenvalue weighted by Crippen LogP contribution is -2.59. The zero-order valence-corrected chi connectivity index (χ0v) is 21.4. The van der Waals surface area contributed by atoms with Gasteiger partial charge in [-0.3, -0.25) is 19.4 Å². The lowest BCUT2D eigenvalue weighted by molar-refractivity contribution is -0.145. The van der Waals surface area contributed by atoms with Gasteiger partial charge in [0.05, 0.1) is 12.1 Å². The van der Waals surface area contributed by atoms with Gasteiger partial charge in [-0.1, -0.05) is 20.3 Å². The first-order chi connectivity index (χ1) is 16.8. The van der Waals surface area contributed by atoms with Crippen molar-refractivity contribution >= 4 is 29.7 Å². The van der Waals surface area contributed by atoms with Crippen LogP contribution in [0.3, 0.4) is 0 Å². The standard InChI is InChI=1S/C22H44N8O6/c1-4-12(2)16(29-18(32)14(24)8-7-11-27-22(25)26)20(34)28-15(9-5-6-10-23)19(33)30-17(13(3)31)21(35)36/h12-17,31H,4-11,23-24H2,1-3H3,(H,28,34)(H,29,32)(H,30,33)(H,35,36)(H4,25,26,27). The SMILES string of the molecule is CCC(C)C(NC(=O)C(N)CCCN=C(N)N)C(=O)NC(CCCCN)C(=O)NC(C(=O)O)C(C)O. The van der Waals surface area contributed by atoms with Gasteiger partial charge < -0.3 is 49.1 Å². The zero-order valence-electron chi connectivity index (χ0n) is 21.4. The van der Waals surface area contributed by atoms with E-state index in [1.807, 2.05) is 6.92 Å². The van der Waals surface area contributed by atoms with Crippen molar-refractivity contribution in [2.75, 3.05) is 13.1 Å². The van der Waals surface area contributed by atoms with Gasteiger partial charge in [-0.05, 0) is 51.5 Å². The number of aliphatic hydroxyl groups excluding tert-OH is 1. The van der Waals surface area contributed by atoms with Gasteiger partial charge in [-0.2, -0.15) is 0 Å². The summed E-state index contributed by atoms with van der Waals surface area (Å²) in [4.78, 5) is 53.8. The van der Waals surface area contributed by atoms with Gasteiger partial charge in [0.1, 0.15) is 12.1 Å². The maximum atomic E-state index is 13.2. The molecule has 0 aliphatic carbocycles. The largest absolute Gasteiger partial charge is 0.480 e. The summed E-state index contributed by atoms with van der Waals surface area (Å²) >= 11 is 0. The van der Waals surface area contributed by atoms with E-state index in [1.54, 1.807) is 6.92 Å². The highest BCUT2D eigenvalue weighted by molar-refractivity contribution is 5.94. The summed E-state index contributed by atoms with van der Waals surface area (Å²) in [5, 5.41) is 26.5. The Morgan fingerprint density at radius 1 is 0.889 bits per heavy atom. The Bertz CT molecular complexity index is 744. The molecule has 3 amide bonds. The maximum Gasteiger partial charge on any atom is 0.328 e. The second kappa shape index (κ2) is 17.5. The number of nitrogens with two attached hydrogens (primary N) is 4. The molecule has 6 unspecified atom stereocenters. The first kappa shape index (κ1) is 33.0. The first-order valence-corrected chi connectivity index (χ1v) is 12.2. The molecule has 0 aromatic rings. The first-order valence-electron chi connectivity index (χ1n) is 12.2. The molecule has 6 atom stereocenters. The number of nitrogens with one attached hydrogen (secondary N) is 3. The van der Waals surface area contributed by atoms with Crippen LogP contribution >= 0.6 is 0 Å². The Hall–Kier alpha value is -2.97. The van der Waals surface area contributed by atoms with Crippen molar-refractivity contribution < 1.29 is 29.4 Å². The minimum atomic E-state index is -1.55. The monoisotopic (exact) mass is 516 g/mol. The number of hydrogen-bond donors (Lipinski definition) is 9. The normalized spacial score (nSPS) is 15.9. The van der Waals surface area contributed by atoms with Crippen molar-refractivity contribution in [3.8, 4) is 0 Å². The number of hydrogen-bond acceptors (Lipinski definition) is 8. The Morgan fingerprint density at radius 3 is 2.00 bits per heavy atom. The quantitative estimate of drug-likeness (QED) is 0.0523. The zero-order chi connectivity index (χ0) is 27.8. The predicted octanol–water partition coefficient (Wildman–Crippen LogP) is -2.54. The number of carboxylic acids is 1. The topological polar surface area (TPSA) is 261 Å². The van der Waals surface area contributed by atoms with Crippen molar-refractivity contribution in [3.63, 3.8) is 0 Å². The molecule has 0 aromatic heterocycles. The molecule has 0 aliphatic heterocycles. The van der Waals surface area contributed by atoms with E-state index in [-0.39, 0.29) is 24.7 Å². The average molecular weight is 517 g/mol. The van der Waals surface area contributed by atoms with Crippen molar-refractivity contribution in [2.24, 2.45) is 33.8 Å². The van der Waals surface area contributed by atoms with E-state index >= 15 is 0 Å². The van der Waals surface area contributed by atoms with Crippen molar-refractivity contribution in [1.82, 2.24) is 16.0 Å². The molecule has 14 nitrogen and oxygen atoms in total. The van der Waals surface area contributed by atoms with Gasteiger partial charge >= 0.3 is 5.97 Å². The molecule has 0 aliphatic rings. The van der Waals surface area contributed by atoms with Crippen LogP contribution in [0.2, 0.25) is 0 Å². The molecule has 13 N–H and O–H groups in total. The van der Waals surface area contributed by atoms with Crippen molar-refractivity contribution in [2.45, 2.75) is 89.6 Å². The third kappa shape index (κ3) is 12.7. The van der Waals surface area contributed by atoms with Gasteiger partial charge in [-0.15, -0.1) is 0 Å². The second-order valence-corrected chi connectivity index (χ2v) is 8.84. The number of aliphatic carboxylic acids is 1. The molecule has 0 aromatic carbocycles. The number of nitrogens with zero attached hydrogens (tertiary/aromatic N) is 1. The van der Waals surface area contributed by atoms with Crippen LogP contribution in [0.15, 0.2) is 4.99 Å². The highest BCUT2D eigenvalue weighted by Crippen LogP contribution is 2.11. The number of carbonyl (C=O) groups is 4. The molecule has 0 heterocycles. The number of guanidine groups is 1. The minimum absolute atomic E-state index is 0.0605. The molecule has 208 valence electrons. The molecule has 0 rings (SSSR count). The van der Waals surface area contributed by atoms with E-state index in [0.29, 0.717) is 38.8 Å². The summed E-state index contributed by atoms with van der Waals surface area (Å²) in [7, 11) is 0. The lowest BCUT2D eigenvalue weighted by atomic mass is 9.96. The number of rotatable bonds is 18. The van der Waals surface area contributed by atoms with Crippen LogP contribution < -0.4 is 38.9 Å². The summed E-state index contributed by atoms with van der Waals surface area (Å²) in [5.41, 5.74) is 22.0. The van der Waals surface area contributed by atoms with Gasteiger partial charge in [0.25, 0.3) is 0 Å². The number of carbonyl (C=O) groups excluding carboxylic acids is 3. The smallest absolute Gasteiger partial charge is 0.328 e. The van der Waals surface area contributed by atoms with Crippen molar-refractivity contribution in [3.05, 3.63) is 0 Å². The van der Waals surface area contributed by atoms with Gasteiger partial charge in [-0.25, -0.2) is 4.79 Å². The van der Waals surface area contributed by atoms with E-state index in [0.717, 1.165) is 0 Å². The van der Waals surface area contributed by atoms with Crippen LogP contribution in [0, 0.1) is 5.92 Å². The molecule has 36 heavy (non-hydrogen) atoms. The van der Waals surface area contributed by atoms with Gasteiger partial charge in [0.15, 0.2) is 12.0 Å². The Kier molecular flexibility index (Phi) is 16.0. The number of unbranched alkanes of at least 4 members (excludes halogenated alkanes) is 1. The summed E-state index contributed by atoms with van der Waals surface area (Å²) in [6, 6.07) is -4.53. The van der Waals surface area contributed by atoms with Crippen LogP contribution in [0.4, 0.5) is 0 Å². The van der Waals surface area contributed by atoms with Crippen LogP contribution in [-0.4, -0.2) is 83.2 Å². The molecule has 0 saturated carbocycles. The Morgan fingerprint density at radius 2 is 1.50 bits per heavy atom. The van der Waals surface area contributed by atoms with E-state index < -0.39 is 54.0 Å². The van der Waals surface area contributed by atoms with Gasteiger partial charge in [0, 0.05) is 6.54 Å². The molecular formula is C22H44N8O6. The van der Waals surface area contributed by atoms with E-state index in [1.165, 1.54) is 6.92 Å². The van der Waals surface area contributed by atoms with E-state index in [4.69, 9.17) is 22.9 Å². The molecule has 0 spiro atoms.